The average Bonchev–Trinajstić information content (AvgIpc) is 2.73. The second-order valence-corrected chi connectivity index (χ2v) is 5.97. The number of nitrogens with one attached hydrogen (secondary N) is 1. The summed E-state index contributed by atoms with van der Waals surface area (Å²) in [5.74, 6) is 0.760. The molecule has 0 saturated carbocycles. The van der Waals surface area contributed by atoms with E-state index in [0.29, 0.717) is 11.5 Å². The van der Waals surface area contributed by atoms with Crippen molar-refractivity contribution in [3.8, 4) is 17.6 Å². The van der Waals surface area contributed by atoms with Crippen molar-refractivity contribution in [1.82, 2.24) is 5.43 Å². The fourth-order valence-electron chi connectivity index (χ4n) is 2.83. The normalized spacial score (nSPS) is 10.6. The van der Waals surface area contributed by atoms with E-state index < -0.39 is 0 Å². The number of amides is 1. The van der Waals surface area contributed by atoms with Crippen LogP contribution >= 0.6 is 0 Å². The quantitative estimate of drug-likeness (QED) is 0.508. The third-order valence-electron chi connectivity index (χ3n) is 4.11. The summed E-state index contributed by atoms with van der Waals surface area (Å²) in [5.41, 5.74) is 4.22. The summed E-state index contributed by atoms with van der Waals surface area (Å²) in [6.45, 7) is -0.0615. The van der Waals surface area contributed by atoms with Crippen LogP contribution < -0.4 is 14.9 Å². The summed E-state index contributed by atoms with van der Waals surface area (Å²) in [6.07, 6.45) is 1.76. The van der Waals surface area contributed by atoms with Crippen LogP contribution in [0.4, 0.5) is 0 Å². The zero-order valence-electron chi connectivity index (χ0n) is 15.4. The molecule has 0 heterocycles. The fraction of sp³-hybridized carbons (Fsp3) is 0.136. The minimum atomic E-state index is -0.200. The fourth-order valence-corrected chi connectivity index (χ4v) is 2.83. The van der Waals surface area contributed by atoms with Crippen molar-refractivity contribution in [2.24, 2.45) is 5.10 Å². The van der Waals surface area contributed by atoms with Crippen LogP contribution in [0.1, 0.15) is 11.1 Å². The molecule has 3 rings (SSSR count). The van der Waals surface area contributed by atoms with Crippen molar-refractivity contribution in [3.05, 3.63) is 71.8 Å². The van der Waals surface area contributed by atoms with Gasteiger partial charge in [-0.25, -0.2) is 5.43 Å². The molecule has 6 heteroatoms. The number of nitrogens with zero attached hydrogens (tertiary/aromatic N) is 2. The van der Waals surface area contributed by atoms with Crippen LogP contribution in [0.25, 0.3) is 10.8 Å². The Morgan fingerprint density at radius 3 is 2.79 bits per heavy atom. The third-order valence-corrected chi connectivity index (χ3v) is 4.11. The van der Waals surface area contributed by atoms with Crippen molar-refractivity contribution < 1.29 is 14.3 Å². The number of methoxy groups -OCH3 is 1. The van der Waals surface area contributed by atoms with Gasteiger partial charge in [0.1, 0.15) is 6.07 Å². The second kappa shape index (κ2) is 9.19. The van der Waals surface area contributed by atoms with Crippen LogP contribution in [0.2, 0.25) is 0 Å². The lowest BCUT2D eigenvalue weighted by Gasteiger charge is -2.08. The van der Waals surface area contributed by atoms with Gasteiger partial charge < -0.3 is 9.47 Å². The Hall–Kier alpha value is -3.85. The number of hydrazone groups is 1. The Bertz CT molecular complexity index is 1050. The summed E-state index contributed by atoms with van der Waals surface area (Å²) in [5, 5.41) is 14.8. The lowest BCUT2D eigenvalue weighted by atomic mass is 10.0. The minimum absolute atomic E-state index is 0.0615. The van der Waals surface area contributed by atoms with E-state index in [4.69, 9.17) is 14.7 Å². The smallest absolute Gasteiger partial charge is 0.244 e. The second-order valence-electron chi connectivity index (χ2n) is 5.97. The summed E-state index contributed by atoms with van der Waals surface area (Å²) < 4.78 is 10.5. The summed E-state index contributed by atoms with van der Waals surface area (Å²) in [4.78, 5) is 12.2. The maximum absolute atomic E-state index is 12.2. The number of fused-ring (bicyclic) bond motifs is 1. The van der Waals surface area contributed by atoms with Gasteiger partial charge in [-0.05, 0) is 40.1 Å². The van der Waals surface area contributed by atoms with Crippen LogP contribution in [0, 0.1) is 11.3 Å². The maximum Gasteiger partial charge on any atom is 0.244 e. The maximum atomic E-state index is 12.2. The van der Waals surface area contributed by atoms with Crippen LogP contribution in [0.5, 0.6) is 11.5 Å². The lowest BCUT2D eigenvalue weighted by molar-refractivity contribution is -0.120. The molecule has 0 aliphatic carbocycles. The molecule has 140 valence electrons. The predicted molar refractivity (Wildman–Crippen MR) is 107 cm³/mol. The topological polar surface area (TPSA) is 83.7 Å². The van der Waals surface area contributed by atoms with E-state index in [1.165, 1.54) is 13.3 Å². The molecular formula is C22H19N3O3. The first-order valence-electron chi connectivity index (χ1n) is 8.67. The van der Waals surface area contributed by atoms with Crippen molar-refractivity contribution in [2.75, 3.05) is 13.7 Å². The molecule has 0 bridgehead atoms. The highest BCUT2D eigenvalue weighted by molar-refractivity contribution is 5.90. The van der Waals surface area contributed by atoms with Crippen LogP contribution in [-0.2, 0) is 11.2 Å². The van der Waals surface area contributed by atoms with E-state index in [2.05, 4.69) is 10.5 Å². The third kappa shape index (κ3) is 4.65. The van der Waals surface area contributed by atoms with Crippen LogP contribution in [-0.4, -0.2) is 25.8 Å². The zero-order chi connectivity index (χ0) is 19.8. The molecule has 0 saturated heterocycles. The van der Waals surface area contributed by atoms with E-state index in [1.54, 1.807) is 18.2 Å². The van der Waals surface area contributed by atoms with Crippen molar-refractivity contribution in [2.45, 2.75) is 6.42 Å². The van der Waals surface area contributed by atoms with Gasteiger partial charge in [0.2, 0.25) is 5.91 Å². The van der Waals surface area contributed by atoms with Crippen LogP contribution in [0.15, 0.2) is 65.8 Å². The van der Waals surface area contributed by atoms with Gasteiger partial charge in [0.15, 0.2) is 18.1 Å². The Kier molecular flexibility index (Phi) is 6.21. The number of ether oxygens (including phenoxy) is 2. The zero-order valence-corrected chi connectivity index (χ0v) is 15.4. The van der Waals surface area contributed by atoms with Gasteiger partial charge in [-0.2, -0.15) is 10.4 Å². The van der Waals surface area contributed by atoms with Gasteiger partial charge in [0.05, 0.1) is 19.7 Å². The Balaban J connectivity index is 1.64. The predicted octanol–water partition coefficient (Wildman–Crippen LogP) is 3.44. The van der Waals surface area contributed by atoms with Gasteiger partial charge in [-0.15, -0.1) is 0 Å². The van der Waals surface area contributed by atoms with E-state index in [9.17, 15) is 4.79 Å². The van der Waals surface area contributed by atoms with E-state index >= 15 is 0 Å². The number of carbonyl (C=O) groups is 1. The van der Waals surface area contributed by atoms with Crippen molar-refractivity contribution in [1.29, 1.82) is 5.26 Å². The first-order chi connectivity index (χ1) is 13.7. The minimum Gasteiger partial charge on any atom is -0.493 e. The first-order valence-corrected chi connectivity index (χ1v) is 8.67. The number of hydrogen-bond acceptors (Lipinski definition) is 5. The Morgan fingerprint density at radius 2 is 1.96 bits per heavy atom. The number of nitriles is 1. The van der Waals surface area contributed by atoms with Crippen molar-refractivity contribution in [3.63, 3.8) is 0 Å². The number of carbonyl (C=O) groups excluding carboxylic acids is 1. The Labute approximate surface area is 163 Å². The molecular weight excluding hydrogens is 354 g/mol. The van der Waals surface area contributed by atoms with Gasteiger partial charge in [0, 0.05) is 0 Å². The number of hydrogen-bond donors (Lipinski definition) is 1. The largest absolute Gasteiger partial charge is 0.493 e. The van der Waals surface area contributed by atoms with E-state index in [-0.39, 0.29) is 18.9 Å². The molecule has 1 N–H and O–H groups in total. The first kappa shape index (κ1) is 18.9. The van der Waals surface area contributed by atoms with Crippen molar-refractivity contribution >= 4 is 22.9 Å². The highest BCUT2D eigenvalue weighted by Crippen LogP contribution is 2.27. The molecule has 6 nitrogen and oxygen atoms in total. The molecule has 0 atom stereocenters. The molecule has 0 aromatic heterocycles. The van der Waals surface area contributed by atoms with Gasteiger partial charge >= 0.3 is 0 Å². The van der Waals surface area contributed by atoms with Gasteiger partial charge in [-0.1, -0.05) is 42.5 Å². The number of benzene rings is 3. The van der Waals surface area contributed by atoms with E-state index in [0.717, 1.165) is 21.9 Å². The van der Waals surface area contributed by atoms with Crippen LogP contribution in [0.3, 0.4) is 0 Å². The molecule has 0 spiro atoms. The summed E-state index contributed by atoms with van der Waals surface area (Å²) >= 11 is 0. The lowest BCUT2D eigenvalue weighted by Crippen LogP contribution is -2.19. The summed E-state index contributed by atoms with van der Waals surface area (Å²) in [6, 6.07) is 20.9. The molecule has 0 radical (unpaired) electrons. The molecule has 0 aliphatic rings. The van der Waals surface area contributed by atoms with E-state index in [1.807, 2.05) is 48.5 Å². The average molecular weight is 373 g/mol. The highest BCUT2D eigenvalue weighted by atomic mass is 16.5. The Morgan fingerprint density at radius 1 is 1.14 bits per heavy atom. The summed E-state index contributed by atoms with van der Waals surface area (Å²) in [7, 11) is 1.52. The molecule has 0 fully saturated rings. The number of rotatable bonds is 7. The van der Waals surface area contributed by atoms with Gasteiger partial charge in [0.25, 0.3) is 0 Å². The molecule has 3 aromatic rings. The SMILES string of the molecule is COc1cc(/C=N\NC(=O)Cc2cccc3ccccc23)ccc1OCC#N. The molecule has 1 amide bonds. The molecule has 0 unspecified atom stereocenters. The highest BCUT2D eigenvalue weighted by Gasteiger charge is 2.07. The molecule has 28 heavy (non-hydrogen) atoms. The van der Waals surface area contributed by atoms with Gasteiger partial charge in [-0.3, -0.25) is 4.79 Å². The monoisotopic (exact) mass is 373 g/mol. The molecule has 0 aliphatic heterocycles. The molecule has 3 aromatic carbocycles. The standard InChI is InChI=1S/C22H19N3O3/c1-27-21-13-16(9-10-20(21)28-12-11-23)15-24-25-22(26)14-18-7-4-6-17-5-2-3-8-19(17)18/h2-10,13,15H,12,14H2,1H3,(H,25,26)/b24-15-.